The number of benzene rings is 2. The van der Waals surface area contributed by atoms with Crippen LogP contribution in [0.4, 0.5) is 0 Å². The monoisotopic (exact) mass is 1680 g/mol. The zero-order chi connectivity index (χ0) is 86.2. The van der Waals surface area contributed by atoms with Crippen LogP contribution in [0.25, 0.3) is 0 Å². The molecule has 0 saturated carbocycles. The van der Waals surface area contributed by atoms with Gasteiger partial charge in [0.1, 0.15) is 0 Å². The molecule has 690 valence electrons. The van der Waals surface area contributed by atoms with Crippen molar-refractivity contribution in [2.24, 2.45) is 0 Å². The molecule has 0 heterocycles. The second kappa shape index (κ2) is 86.7. The maximum atomic E-state index is 13.9. The summed E-state index contributed by atoms with van der Waals surface area (Å²) in [4.78, 5) is 53.7. The molecular formula is C106H186N4O10. The maximum absolute atomic E-state index is 13.9. The molecule has 0 aliphatic heterocycles. The Morgan fingerprint density at radius 3 is 0.625 bits per heavy atom. The van der Waals surface area contributed by atoms with Gasteiger partial charge >= 0.3 is 0 Å². The second-order valence-electron chi connectivity index (χ2n) is 34.7. The van der Waals surface area contributed by atoms with Gasteiger partial charge in [-0.05, 0) is 100 Å². The number of hydrogen-bond donors (Lipinski definition) is 4. The molecule has 0 bridgehead atoms. The Kier molecular flexibility index (Phi) is 79.7. The van der Waals surface area contributed by atoms with E-state index in [0.717, 1.165) is 128 Å². The smallest absolute Gasteiger partial charge is 0.251 e. The van der Waals surface area contributed by atoms with Gasteiger partial charge in [-0.15, -0.1) is 0 Å². The number of nitrogens with one attached hydrogen (secondary N) is 4. The SMILES string of the molecule is CCCCCCCCCCCCOc1cc(C(=O)NCCNC(=O)CCCCCC#CC#CCCCCCC(=O)NCCNC(=O)c2cc(OCCCCCCCCCCCC)c(OCCCCCCCCCCCC)c(OCCCCCCCCCCCC)c2)cc(OCCCCCCCCCCCC)c1OCCCCCCCCCCCC. The van der Waals surface area contributed by atoms with E-state index in [9.17, 15) is 19.2 Å². The standard InChI is InChI=1S/C106H186N4O10/c1-7-13-19-25-31-37-49-57-65-73-85-115-97-91-95(92-98(116-86-74-66-58-50-38-32-26-20-14-8-2)103(97)119-89-77-69-61-53-41-35-29-23-17-11-5)105(113)109-83-81-107-101(111)79-71-63-55-47-45-43-44-46-48-56-64-72-80-102(112)108-82-84-110-106(114)96-93-99(117-87-75-67-59-51-39-33-27-21-15-9-3)104(120-90-78-70-62-54-42-36-30-24-18-12-6)100(94-96)118-88-76-68-60-52-40-34-28-22-16-10-4/h91-94H,7-42,47-90H2,1-6H3,(H,107,111)(H,108,112)(H,109,113)(H,110,114). The molecule has 0 radical (unpaired) electrons. The zero-order valence-corrected chi connectivity index (χ0v) is 79.0. The predicted molar refractivity (Wildman–Crippen MR) is 509 cm³/mol. The minimum absolute atomic E-state index is 0.0291. The van der Waals surface area contributed by atoms with Gasteiger partial charge in [-0.2, -0.15) is 0 Å². The maximum Gasteiger partial charge on any atom is 0.251 e. The fourth-order valence-corrected chi connectivity index (χ4v) is 15.4. The molecule has 120 heavy (non-hydrogen) atoms. The molecular weight excluding hydrogens is 1490 g/mol. The summed E-state index contributed by atoms with van der Waals surface area (Å²) in [7, 11) is 0. The molecule has 0 atom stereocenters. The summed E-state index contributed by atoms with van der Waals surface area (Å²) in [6, 6.07) is 7.30. The summed E-state index contributed by atoms with van der Waals surface area (Å²) in [6.45, 7) is 18.2. The average Bonchev–Trinajstić information content (AvgIpc) is 0.821. The first-order valence-corrected chi connectivity index (χ1v) is 51.4. The van der Waals surface area contributed by atoms with Crippen molar-refractivity contribution in [1.82, 2.24) is 21.3 Å². The molecule has 0 aromatic heterocycles. The summed E-state index contributed by atoms with van der Waals surface area (Å²) in [5.41, 5.74) is 0.929. The molecule has 0 unspecified atom stereocenters. The summed E-state index contributed by atoms with van der Waals surface area (Å²) < 4.78 is 39.4. The molecule has 0 aliphatic rings. The van der Waals surface area contributed by atoms with Crippen LogP contribution in [0.1, 0.15) is 512 Å². The zero-order valence-electron chi connectivity index (χ0n) is 79.0. The Bertz CT molecular complexity index is 2540. The molecule has 2 rings (SSSR count). The third kappa shape index (κ3) is 67.7. The van der Waals surface area contributed by atoms with Crippen LogP contribution in [-0.2, 0) is 9.59 Å². The molecule has 4 N–H and O–H groups in total. The van der Waals surface area contributed by atoms with Gasteiger partial charge in [0.2, 0.25) is 23.3 Å². The number of carbonyl (C=O) groups is 4. The summed E-state index contributed by atoms with van der Waals surface area (Å²) in [5.74, 6) is 15.3. The topological polar surface area (TPSA) is 172 Å². The quantitative estimate of drug-likeness (QED) is 0.0369. The van der Waals surface area contributed by atoms with Crippen LogP contribution >= 0.6 is 0 Å². The first kappa shape index (κ1) is 110. The number of amides is 4. The number of carbonyl (C=O) groups excluding carboxylic acids is 4. The van der Waals surface area contributed by atoms with Gasteiger partial charge in [-0.1, -0.05) is 413 Å². The Morgan fingerprint density at radius 2 is 0.408 bits per heavy atom. The summed E-state index contributed by atoms with van der Waals surface area (Å²) in [5, 5.41) is 12.1. The highest BCUT2D eigenvalue weighted by molar-refractivity contribution is 5.96. The fourth-order valence-electron chi connectivity index (χ4n) is 15.4. The van der Waals surface area contributed by atoms with Crippen molar-refractivity contribution in [3.05, 3.63) is 35.4 Å². The van der Waals surface area contributed by atoms with E-state index < -0.39 is 0 Å². The van der Waals surface area contributed by atoms with Crippen LogP contribution in [0.3, 0.4) is 0 Å². The largest absolute Gasteiger partial charge is 0.490 e. The van der Waals surface area contributed by atoms with Crippen molar-refractivity contribution in [2.75, 3.05) is 65.8 Å². The van der Waals surface area contributed by atoms with Gasteiger partial charge in [0, 0.05) is 63.0 Å². The number of rotatable bonds is 90. The molecule has 2 aromatic carbocycles. The molecule has 14 heteroatoms. The minimum Gasteiger partial charge on any atom is -0.490 e. The number of hydrogen-bond acceptors (Lipinski definition) is 10. The Balaban J connectivity index is 1.89. The first-order chi connectivity index (χ1) is 59.2. The fraction of sp³-hybridized carbons (Fsp3) is 0.811. The van der Waals surface area contributed by atoms with Gasteiger partial charge < -0.3 is 49.7 Å². The molecule has 0 fully saturated rings. The predicted octanol–water partition coefficient (Wildman–Crippen LogP) is 29.8. The third-order valence-electron chi connectivity index (χ3n) is 23.2. The van der Waals surface area contributed by atoms with Gasteiger partial charge in [-0.25, -0.2) is 0 Å². The van der Waals surface area contributed by atoms with Crippen molar-refractivity contribution in [3.8, 4) is 58.2 Å². The van der Waals surface area contributed by atoms with Crippen LogP contribution < -0.4 is 49.7 Å². The lowest BCUT2D eigenvalue weighted by Gasteiger charge is -2.19. The molecule has 4 amide bonds. The summed E-state index contributed by atoms with van der Waals surface area (Å²) in [6.07, 6.45) is 82.1. The number of ether oxygens (including phenoxy) is 6. The van der Waals surface area contributed by atoms with E-state index in [1.807, 2.05) is 24.3 Å². The van der Waals surface area contributed by atoms with Crippen LogP contribution in [0.5, 0.6) is 34.5 Å². The van der Waals surface area contributed by atoms with E-state index >= 15 is 0 Å². The highest BCUT2D eigenvalue weighted by atomic mass is 16.5. The first-order valence-electron chi connectivity index (χ1n) is 51.4. The van der Waals surface area contributed by atoms with E-state index in [1.165, 1.54) is 308 Å². The lowest BCUT2D eigenvalue weighted by Crippen LogP contribution is -2.34. The average molecular weight is 1680 g/mol. The van der Waals surface area contributed by atoms with E-state index in [-0.39, 0.29) is 23.6 Å². The van der Waals surface area contributed by atoms with E-state index in [0.29, 0.717) is 124 Å². The Labute approximate surface area is 738 Å². The molecule has 2 aromatic rings. The molecule has 0 aliphatic carbocycles. The van der Waals surface area contributed by atoms with Crippen LogP contribution in [0.15, 0.2) is 24.3 Å². The van der Waals surface area contributed by atoms with E-state index in [2.05, 4.69) is 86.5 Å². The normalized spacial score (nSPS) is 11.1. The lowest BCUT2D eigenvalue weighted by molar-refractivity contribution is -0.122. The highest BCUT2D eigenvalue weighted by Crippen LogP contribution is 2.42. The molecule has 0 spiro atoms. The molecule has 14 nitrogen and oxygen atoms in total. The molecule has 0 saturated heterocycles. The number of unbranched alkanes of at least 4 members (excludes halogenated alkanes) is 60. The van der Waals surface area contributed by atoms with E-state index in [4.69, 9.17) is 28.4 Å². The minimum atomic E-state index is -0.236. The van der Waals surface area contributed by atoms with Gasteiger partial charge in [-0.3, -0.25) is 19.2 Å². The van der Waals surface area contributed by atoms with Crippen molar-refractivity contribution < 1.29 is 47.6 Å². The third-order valence-corrected chi connectivity index (χ3v) is 23.2. The summed E-state index contributed by atoms with van der Waals surface area (Å²) >= 11 is 0. The van der Waals surface area contributed by atoms with Crippen molar-refractivity contribution in [2.45, 2.75) is 491 Å². The Morgan fingerprint density at radius 1 is 0.225 bits per heavy atom. The van der Waals surface area contributed by atoms with Crippen LogP contribution in [0.2, 0.25) is 0 Å². The van der Waals surface area contributed by atoms with E-state index in [1.54, 1.807) is 0 Å². The second-order valence-corrected chi connectivity index (χ2v) is 34.7. The lowest BCUT2D eigenvalue weighted by atomic mass is 10.1. The van der Waals surface area contributed by atoms with Crippen LogP contribution in [-0.4, -0.2) is 89.4 Å². The Hall–Kier alpha value is -5.76. The van der Waals surface area contributed by atoms with Crippen molar-refractivity contribution >= 4 is 23.6 Å². The van der Waals surface area contributed by atoms with Crippen molar-refractivity contribution in [1.29, 1.82) is 0 Å². The van der Waals surface area contributed by atoms with Gasteiger partial charge in [0.25, 0.3) is 11.8 Å². The van der Waals surface area contributed by atoms with Crippen LogP contribution in [0, 0.1) is 23.7 Å². The highest BCUT2D eigenvalue weighted by Gasteiger charge is 2.22. The van der Waals surface area contributed by atoms with Gasteiger partial charge in [0.15, 0.2) is 23.0 Å². The van der Waals surface area contributed by atoms with Gasteiger partial charge in [0.05, 0.1) is 39.6 Å². The van der Waals surface area contributed by atoms with Crippen molar-refractivity contribution in [3.63, 3.8) is 0 Å².